The van der Waals surface area contributed by atoms with Crippen LogP contribution in [-0.2, 0) is 15.0 Å². The lowest BCUT2D eigenvalue weighted by molar-refractivity contribution is -0.134. The normalized spacial score (nSPS) is 24.7. The number of likely N-dealkylation sites (tertiary alicyclic amines) is 1. The molecule has 2 amide bonds. The summed E-state index contributed by atoms with van der Waals surface area (Å²) >= 11 is 0. The molecule has 1 saturated heterocycles. The van der Waals surface area contributed by atoms with Gasteiger partial charge in [-0.3, -0.25) is 9.59 Å². The standard InChI is InChI=1S/C21H28N2O2/c1-4-19(24)23-12-10-21(11-13-23,16-8-6-5-7-9-16)20(25)22-18-14-17(18)15(2)3/h4-9,15,17-18H,1,10-14H2,2-3H3,(H,22,25)/t17-,18+/m0/s1. The first-order chi connectivity index (χ1) is 12.0. The maximum atomic E-state index is 13.3. The topological polar surface area (TPSA) is 49.4 Å². The van der Waals surface area contributed by atoms with Crippen LogP contribution in [0.3, 0.4) is 0 Å². The van der Waals surface area contributed by atoms with Crippen molar-refractivity contribution in [1.82, 2.24) is 10.2 Å². The Morgan fingerprint density at radius 1 is 1.24 bits per heavy atom. The van der Waals surface area contributed by atoms with Crippen molar-refractivity contribution < 1.29 is 9.59 Å². The van der Waals surface area contributed by atoms with E-state index in [9.17, 15) is 9.59 Å². The van der Waals surface area contributed by atoms with Crippen LogP contribution in [0.4, 0.5) is 0 Å². The predicted octanol–water partition coefficient (Wildman–Crippen LogP) is 2.89. The Labute approximate surface area is 150 Å². The van der Waals surface area contributed by atoms with Crippen LogP contribution in [0.5, 0.6) is 0 Å². The van der Waals surface area contributed by atoms with Gasteiger partial charge >= 0.3 is 0 Å². The molecule has 4 heteroatoms. The molecule has 1 heterocycles. The van der Waals surface area contributed by atoms with Gasteiger partial charge in [0, 0.05) is 19.1 Å². The molecule has 2 aliphatic rings. The molecule has 25 heavy (non-hydrogen) atoms. The zero-order valence-electron chi connectivity index (χ0n) is 15.2. The minimum absolute atomic E-state index is 0.0517. The smallest absolute Gasteiger partial charge is 0.245 e. The Morgan fingerprint density at radius 2 is 1.88 bits per heavy atom. The maximum Gasteiger partial charge on any atom is 0.245 e. The first-order valence-electron chi connectivity index (χ1n) is 9.26. The quantitative estimate of drug-likeness (QED) is 0.838. The predicted molar refractivity (Wildman–Crippen MR) is 99.0 cm³/mol. The van der Waals surface area contributed by atoms with Crippen LogP contribution in [0.1, 0.15) is 38.7 Å². The molecule has 1 aromatic rings. The van der Waals surface area contributed by atoms with Crippen LogP contribution in [0, 0.1) is 11.8 Å². The molecule has 4 nitrogen and oxygen atoms in total. The monoisotopic (exact) mass is 340 g/mol. The molecule has 1 aliphatic carbocycles. The van der Waals surface area contributed by atoms with E-state index >= 15 is 0 Å². The summed E-state index contributed by atoms with van der Waals surface area (Å²) in [5.74, 6) is 1.27. The van der Waals surface area contributed by atoms with E-state index < -0.39 is 5.41 Å². The number of rotatable bonds is 5. The summed E-state index contributed by atoms with van der Waals surface area (Å²) < 4.78 is 0. The van der Waals surface area contributed by atoms with Gasteiger partial charge in [0.1, 0.15) is 0 Å². The summed E-state index contributed by atoms with van der Waals surface area (Å²) in [6.07, 6.45) is 3.74. The average molecular weight is 340 g/mol. The molecule has 0 radical (unpaired) electrons. The van der Waals surface area contributed by atoms with Crippen molar-refractivity contribution in [3.05, 3.63) is 48.6 Å². The number of nitrogens with one attached hydrogen (secondary N) is 1. The van der Waals surface area contributed by atoms with Gasteiger partial charge in [-0.1, -0.05) is 50.8 Å². The van der Waals surface area contributed by atoms with Crippen molar-refractivity contribution >= 4 is 11.8 Å². The summed E-state index contributed by atoms with van der Waals surface area (Å²) in [6.45, 7) is 9.17. The highest BCUT2D eigenvalue weighted by Gasteiger charge is 2.47. The molecular weight excluding hydrogens is 312 g/mol. The van der Waals surface area contributed by atoms with Gasteiger partial charge in [0.05, 0.1) is 5.41 Å². The molecule has 134 valence electrons. The lowest BCUT2D eigenvalue weighted by atomic mass is 9.72. The SMILES string of the molecule is C=CC(=O)N1CCC(C(=O)N[C@@H]2C[C@H]2C(C)C)(c2ccccc2)CC1. The fourth-order valence-electron chi connectivity index (χ4n) is 4.07. The van der Waals surface area contributed by atoms with Crippen LogP contribution < -0.4 is 5.32 Å². The van der Waals surface area contributed by atoms with Gasteiger partial charge in [-0.25, -0.2) is 0 Å². The van der Waals surface area contributed by atoms with Crippen LogP contribution in [0.15, 0.2) is 43.0 Å². The number of piperidine rings is 1. The fourth-order valence-corrected chi connectivity index (χ4v) is 4.07. The molecule has 1 aliphatic heterocycles. The number of hydrogen-bond donors (Lipinski definition) is 1. The van der Waals surface area contributed by atoms with E-state index in [1.165, 1.54) is 6.08 Å². The van der Waals surface area contributed by atoms with Gasteiger partial charge < -0.3 is 10.2 Å². The molecule has 0 bridgehead atoms. The van der Waals surface area contributed by atoms with Gasteiger partial charge in [-0.05, 0) is 42.7 Å². The number of amides is 2. The minimum atomic E-state index is -0.538. The van der Waals surface area contributed by atoms with Crippen LogP contribution >= 0.6 is 0 Å². The number of carbonyl (C=O) groups excluding carboxylic acids is 2. The van der Waals surface area contributed by atoms with Gasteiger partial charge in [-0.2, -0.15) is 0 Å². The third kappa shape index (κ3) is 3.48. The van der Waals surface area contributed by atoms with Crippen molar-refractivity contribution in [3.63, 3.8) is 0 Å². The summed E-state index contributed by atoms with van der Waals surface area (Å²) in [5, 5.41) is 3.29. The number of nitrogens with zero attached hydrogens (tertiary/aromatic N) is 1. The molecule has 1 aromatic carbocycles. The molecule has 0 unspecified atom stereocenters. The summed E-state index contributed by atoms with van der Waals surface area (Å²) in [7, 11) is 0. The highest BCUT2D eigenvalue weighted by molar-refractivity contribution is 5.90. The highest BCUT2D eigenvalue weighted by Crippen LogP contribution is 2.40. The molecular formula is C21H28N2O2. The van der Waals surface area contributed by atoms with E-state index in [0.29, 0.717) is 43.8 Å². The Balaban J connectivity index is 1.78. The van der Waals surface area contributed by atoms with Crippen molar-refractivity contribution in [3.8, 4) is 0 Å². The lowest BCUT2D eigenvalue weighted by Crippen LogP contribution is -2.53. The minimum Gasteiger partial charge on any atom is -0.352 e. The average Bonchev–Trinajstić information content (AvgIpc) is 3.41. The van der Waals surface area contributed by atoms with E-state index in [1.54, 1.807) is 4.90 Å². The van der Waals surface area contributed by atoms with Crippen molar-refractivity contribution in [2.75, 3.05) is 13.1 Å². The molecule has 1 saturated carbocycles. The van der Waals surface area contributed by atoms with Crippen LogP contribution in [-0.4, -0.2) is 35.8 Å². The van der Waals surface area contributed by atoms with E-state index in [1.807, 2.05) is 30.3 Å². The maximum absolute atomic E-state index is 13.3. The first kappa shape index (κ1) is 17.7. The highest BCUT2D eigenvalue weighted by atomic mass is 16.2. The molecule has 2 atom stereocenters. The molecule has 3 rings (SSSR count). The van der Waals surface area contributed by atoms with Gasteiger partial charge in [0.25, 0.3) is 0 Å². The van der Waals surface area contributed by atoms with Gasteiger partial charge in [0.15, 0.2) is 0 Å². The summed E-state index contributed by atoms with van der Waals surface area (Å²) in [5.41, 5.74) is 0.517. The van der Waals surface area contributed by atoms with E-state index in [0.717, 1.165) is 12.0 Å². The van der Waals surface area contributed by atoms with Crippen LogP contribution in [0.25, 0.3) is 0 Å². The number of benzene rings is 1. The largest absolute Gasteiger partial charge is 0.352 e. The van der Waals surface area contributed by atoms with Gasteiger partial charge in [0.2, 0.25) is 11.8 Å². The van der Waals surface area contributed by atoms with Crippen molar-refractivity contribution in [1.29, 1.82) is 0 Å². The van der Waals surface area contributed by atoms with E-state index in [-0.39, 0.29) is 11.8 Å². The number of carbonyl (C=O) groups is 2. The third-order valence-corrected chi connectivity index (χ3v) is 5.88. The molecule has 0 aromatic heterocycles. The Hall–Kier alpha value is -2.10. The molecule has 1 N–H and O–H groups in total. The van der Waals surface area contributed by atoms with Crippen LogP contribution in [0.2, 0.25) is 0 Å². The Bertz CT molecular complexity index is 645. The Kier molecular flexibility index (Phi) is 4.98. The molecule has 0 spiro atoms. The summed E-state index contributed by atoms with van der Waals surface area (Å²) in [6, 6.07) is 10.3. The second-order valence-corrected chi connectivity index (χ2v) is 7.70. The zero-order chi connectivity index (χ0) is 18.0. The second kappa shape index (κ2) is 7.03. The van der Waals surface area contributed by atoms with Crippen molar-refractivity contribution in [2.24, 2.45) is 11.8 Å². The van der Waals surface area contributed by atoms with Gasteiger partial charge in [-0.15, -0.1) is 0 Å². The van der Waals surface area contributed by atoms with Crippen molar-refractivity contribution in [2.45, 2.75) is 44.6 Å². The van der Waals surface area contributed by atoms with E-state index in [2.05, 4.69) is 25.7 Å². The molecule has 2 fully saturated rings. The number of hydrogen-bond acceptors (Lipinski definition) is 2. The zero-order valence-corrected chi connectivity index (χ0v) is 15.2. The third-order valence-electron chi connectivity index (χ3n) is 5.88. The lowest BCUT2D eigenvalue weighted by Gasteiger charge is -2.41. The second-order valence-electron chi connectivity index (χ2n) is 7.70. The fraction of sp³-hybridized carbons (Fsp3) is 0.524. The van der Waals surface area contributed by atoms with E-state index in [4.69, 9.17) is 0 Å². The summed E-state index contributed by atoms with van der Waals surface area (Å²) in [4.78, 5) is 26.9. The Morgan fingerprint density at radius 3 is 2.40 bits per heavy atom. The first-order valence-corrected chi connectivity index (χ1v) is 9.26.